The first-order valence-electron chi connectivity index (χ1n) is 2.74. The highest BCUT2D eigenvalue weighted by molar-refractivity contribution is 9.10. The molecule has 0 saturated heterocycles. The summed E-state index contributed by atoms with van der Waals surface area (Å²) in [5.41, 5.74) is 0. The molecule has 0 fully saturated rings. The summed E-state index contributed by atoms with van der Waals surface area (Å²) < 4.78 is 0.950. The fraction of sp³-hybridized carbons (Fsp3) is 0. The maximum Gasteiger partial charge on any atom is 0.235 e. The van der Waals surface area contributed by atoms with Crippen molar-refractivity contribution in [1.82, 2.24) is 0 Å². The van der Waals surface area contributed by atoms with Crippen LogP contribution in [0.3, 0.4) is 0 Å². The van der Waals surface area contributed by atoms with Crippen LogP contribution in [-0.2, 0) is 0 Å². The molecule has 1 rings (SSSR count). The van der Waals surface area contributed by atoms with Crippen molar-refractivity contribution >= 4 is 33.3 Å². The van der Waals surface area contributed by atoms with Crippen LogP contribution in [0.15, 0.2) is 22.1 Å². The quantitative estimate of drug-likeness (QED) is 0.583. The summed E-state index contributed by atoms with van der Waals surface area (Å²) in [7, 11) is 0. The molecule has 0 aliphatic carbocycles. The van der Waals surface area contributed by atoms with Crippen molar-refractivity contribution < 1.29 is 4.92 Å². The Labute approximate surface area is 75.6 Å². The molecule has 0 unspecified atom stereocenters. The molecule has 1 aromatic heterocycles. The summed E-state index contributed by atoms with van der Waals surface area (Å²) >= 11 is 4.70. The lowest BCUT2D eigenvalue weighted by molar-refractivity contribution is -0.400. The molecule has 0 aromatic carbocycles. The largest absolute Gasteiger partial charge is 0.259 e. The summed E-state index contributed by atoms with van der Waals surface area (Å²) in [4.78, 5) is 10.3. The first kappa shape index (κ1) is 8.42. The normalized spacial score (nSPS) is 10.6. The molecule has 0 N–H and O–H groups in total. The van der Waals surface area contributed by atoms with Crippen LogP contribution in [0.2, 0.25) is 0 Å². The molecule has 0 saturated carbocycles. The topological polar surface area (TPSA) is 43.1 Å². The standard InChI is InChI=1S/C6H4BrNO2S/c7-5-3-6(11-4-5)1-2-8(9)10/h1-4H/b2-1-. The van der Waals surface area contributed by atoms with Crippen LogP contribution in [0.4, 0.5) is 0 Å². The second-order valence-electron chi connectivity index (χ2n) is 1.77. The molecule has 3 nitrogen and oxygen atoms in total. The van der Waals surface area contributed by atoms with Gasteiger partial charge < -0.3 is 0 Å². The van der Waals surface area contributed by atoms with Gasteiger partial charge in [0.05, 0.1) is 4.92 Å². The van der Waals surface area contributed by atoms with Gasteiger partial charge in [-0.05, 0) is 22.0 Å². The highest BCUT2D eigenvalue weighted by Crippen LogP contribution is 2.20. The molecule has 11 heavy (non-hydrogen) atoms. The van der Waals surface area contributed by atoms with Gasteiger partial charge in [0.15, 0.2) is 0 Å². The van der Waals surface area contributed by atoms with E-state index in [0.29, 0.717) is 0 Å². The Morgan fingerprint density at radius 2 is 2.45 bits per heavy atom. The van der Waals surface area contributed by atoms with Gasteiger partial charge in [-0.25, -0.2) is 0 Å². The van der Waals surface area contributed by atoms with Crippen LogP contribution >= 0.6 is 27.3 Å². The van der Waals surface area contributed by atoms with E-state index in [4.69, 9.17) is 0 Å². The zero-order valence-electron chi connectivity index (χ0n) is 5.36. The number of hydrogen-bond acceptors (Lipinski definition) is 3. The van der Waals surface area contributed by atoms with E-state index in [0.717, 1.165) is 15.5 Å². The molecular formula is C6H4BrNO2S. The van der Waals surface area contributed by atoms with E-state index in [1.807, 2.05) is 11.4 Å². The van der Waals surface area contributed by atoms with E-state index in [1.54, 1.807) is 0 Å². The molecule has 0 amide bonds. The number of nitrogens with zero attached hydrogens (tertiary/aromatic N) is 1. The fourth-order valence-corrected chi connectivity index (χ4v) is 1.88. The third-order valence-electron chi connectivity index (χ3n) is 0.948. The summed E-state index contributed by atoms with van der Waals surface area (Å²) in [6.45, 7) is 0. The van der Waals surface area contributed by atoms with Crippen LogP contribution in [-0.4, -0.2) is 4.92 Å². The minimum atomic E-state index is -0.479. The zero-order valence-corrected chi connectivity index (χ0v) is 7.76. The van der Waals surface area contributed by atoms with Gasteiger partial charge in [-0.1, -0.05) is 0 Å². The van der Waals surface area contributed by atoms with E-state index >= 15 is 0 Å². The minimum absolute atomic E-state index is 0.479. The summed E-state index contributed by atoms with van der Waals surface area (Å²) in [6, 6.07) is 1.82. The molecule has 0 aliphatic rings. The number of rotatable bonds is 2. The maximum absolute atomic E-state index is 9.89. The summed E-state index contributed by atoms with van der Waals surface area (Å²) in [5, 5.41) is 11.8. The van der Waals surface area contributed by atoms with Crippen LogP contribution in [0.5, 0.6) is 0 Å². The van der Waals surface area contributed by atoms with Crippen molar-refractivity contribution in [3.63, 3.8) is 0 Å². The molecule has 0 atom stereocenters. The van der Waals surface area contributed by atoms with Crippen molar-refractivity contribution in [3.05, 3.63) is 37.1 Å². The van der Waals surface area contributed by atoms with Crippen molar-refractivity contribution in [2.45, 2.75) is 0 Å². The molecule has 0 spiro atoms. The SMILES string of the molecule is O=[N+]([O-])/C=C\c1cc(Br)cs1. The Hall–Kier alpha value is -0.680. The number of thiophene rings is 1. The van der Waals surface area contributed by atoms with Crippen molar-refractivity contribution in [2.75, 3.05) is 0 Å². The molecular weight excluding hydrogens is 230 g/mol. The second-order valence-corrected chi connectivity index (χ2v) is 3.63. The number of nitro groups is 1. The lowest BCUT2D eigenvalue weighted by Gasteiger charge is -1.77. The van der Waals surface area contributed by atoms with E-state index in [2.05, 4.69) is 15.9 Å². The van der Waals surface area contributed by atoms with Gasteiger partial charge in [-0.3, -0.25) is 10.1 Å². The summed E-state index contributed by atoms with van der Waals surface area (Å²) in [6.07, 6.45) is 2.40. The van der Waals surface area contributed by atoms with Crippen molar-refractivity contribution in [3.8, 4) is 0 Å². The molecule has 0 radical (unpaired) electrons. The Balaban J connectivity index is 2.71. The monoisotopic (exact) mass is 233 g/mol. The Morgan fingerprint density at radius 3 is 2.91 bits per heavy atom. The average molecular weight is 234 g/mol. The molecule has 0 bridgehead atoms. The van der Waals surface area contributed by atoms with Gasteiger partial charge in [0.25, 0.3) is 0 Å². The number of hydrogen-bond donors (Lipinski definition) is 0. The first-order valence-corrected chi connectivity index (χ1v) is 4.41. The highest BCUT2D eigenvalue weighted by Gasteiger charge is 1.93. The highest BCUT2D eigenvalue weighted by atomic mass is 79.9. The molecule has 58 valence electrons. The third-order valence-corrected chi connectivity index (χ3v) is 2.61. The van der Waals surface area contributed by atoms with E-state index in [-0.39, 0.29) is 0 Å². The van der Waals surface area contributed by atoms with E-state index in [1.165, 1.54) is 17.4 Å². The predicted molar refractivity (Wildman–Crippen MR) is 48.0 cm³/mol. The first-order chi connectivity index (χ1) is 5.18. The lowest BCUT2D eigenvalue weighted by Crippen LogP contribution is -1.80. The Kier molecular flexibility index (Phi) is 2.78. The van der Waals surface area contributed by atoms with Gasteiger partial charge in [-0.15, -0.1) is 11.3 Å². The summed E-state index contributed by atoms with van der Waals surface area (Å²) in [5.74, 6) is 0. The van der Waals surface area contributed by atoms with Crippen LogP contribution in [0.25, 0.3) is 6.08 Å². The lowest BCUT2D eigenvalue weighted by atomic mass is 10.4. The Morgan fingerprint density at radius 1 is 1.73 bits per heavy atom. The van der Waals surface area contributed by atoms with Crippen LogP contribution in [0, 0.1) is 10.1 Å². The van der Waals surface area contributed by atoms with Crippen molar-refractivity contribution in [2.24, 2.45) is 0 Å². The van der Waals surface area contributed by atoms with Gasteiger partial charge in [0.2, 0.25) is 6.20 Å². The molecule has 1 aromatic rings. The third kappa shape index (κ3) is 2.81. The fourth-order valence-electron chi connectivity index (χ4n) is 0.550. The van der Waals surface area contributed by atoms with Gasteiger partial charge in [0.1, 0.15) is 0 Å². The molecule has 5 heteroatoms. The van der Waals surface area contributed by atoms with E-state index < -0.39 is 4.92 Å². The van der Waals surface area contributed by atoms with Crippen molar-refractivity contribution in [1.29, 1.82) is 0 Å². The smallest absolute Gasteiger partial charge is 0.235 e. The zero-order chi connectivity index (χ0) is 8.27. The van der Waals surface area contributed by atoms with Crippen LogP contribution in [0.1, 0.15) is 4.88 Å². The van der Waals surface area contributed by atoms with E-state index in [9.17, 15) is 10.1 Å². The second kappa shape index (κ2) is 3.64. The Bertz CT molecular complexity index is 295. The molecule has 0 aliphatic heterocycles. The van der Waals surface area contributed by atoms with Gasteiger partial charge in [-0.2, -0.15) is 0 Å². The van der Waals surface area contributed by atoms with Gasteiger partial charge >= 0.3 is 0 Å². The van der Waals surface area contributed by atoms with Crippen LogP contribution < -0.4 is 0 Å². The van der Waals surface area contributed by atoms with Gasteiger partial charge in [0, 0.05) is 20.8 Å². The molecule has 1 heterocycles. The average Bonchev–Trinajstić information content (AvgIpc) is 2.31. The predicted octanol–water partition coefficient (Wildman–Crippen LogP) is 2.76. The minimum Gasteiger partial charge on any atom is -0.259 e. The maximum atomic E-state index is 9.89. The number of halogens is 1.